The molecule has 4 aliphatic heterocycles. The van der Waals surface area contributed by atoms with E-state index < -0.39 is 170 Å². The SMILES string of the molecule is CC1OC(OCC2OC(Oc3c(-c4ccc(O)cc4)oc4cc(O)cc(O)c4c3=O)C(OC3OC(O)C(O)C(O)C3O)C(O)C2OC(=O)C=Cc2ccc(O)cc2)C(O)C(OC2OCC(O)C(O)C2O)C1O. The van der Waals surface area contributed by atoms with Crippen LogP contribution in [-0.4, -0.2) is 208 Å². The number of phenols is 4. The van der Waals surface area contributed by atoms with Gasteiger partial charge in [0.15, 0.2) is 43.1 Å². The second-order valence-electron chi connectivity index (χ2n) is 17.3. The fraction of sp³-hybridized carbons (Fsp3) is 0.478. The molecule has 0 amide bonds. The highest BCUT2D eigenvalue weighted by molar-refractivity contribution is 5.88. The van der Waals surface area contributed by atoms with Crippen molar-refractivity contribution >= 4 is 23.0 Å². The number of aromatic hydroxyl groups is 4. The predicted octanol–water partition coefficient (Wildman–Crippen LogP) is -3.18. The lowest BCUT2D eigenvalue weighted by Gasteiger charge is -2.47. The summed E-state index contributed by atoms with van der Waals surface area (Å²) in [6.07, 6.45) is -34.0. The van der Waals surface area contributed by atoms with Crippen molar-refractivity contribution < 1.29 is 123 Å². The third-order valence-electron chi connectivity index (χ3n) is 12.2. The summed E-state index contributed by atoms with van der Waals surface area (Å²) in [7, 11) is 0. The molecule has 26 nitrogen and oxygen atoms in total. The number of fused-ring (bicyclic) bond motifs is 1. The Balaban J connectivity index is 1.17. The summed E-state index contributed by atoms with van der Waals surface area (Å²) in [6, 6.07) is 12.4. The van der Waals surface area contributed by atoms with Gasteiger partial charge in [0.1, 0.15) is 101 Å². The summed E-state index contributed by atoms with van der Waals surface area (Å²) in [6.45, 7) is -0.0196. The number of rotatable bonds is 13. The molecule has 3 aromatic carbocycles. The molecule has 4 aliphatic rings. The van der Waals surface area contributed by atoms with Crippen molar-refractivity contribution in [1.29, 1.82) is 0 Å². The van der Waals surface area contributed by atoms with Crippen molar-refractivity contribution in [2.45, 2.75) is 124 Å². The summed E-state index contributed by atoms with van der Waals surface area (Å²) < 4.78 is 58.0. The second-order valence-corrected chi connectivity index (χ2v) is 17.3. The normalized spacial score (nSPS) is 36.3. The van der Waals surface area contributed by atoms with E-state index in [0.29, 0.717) is 5.56 Å². The van der Waals surface area contributed by atoms with E-state index in [-0.39, 0.29) is 22.6 Å². The van der Waals surface area contributed by atoms with Gasteiger partial charge in [0.05, 0.1) is 19.3 Å². The monoisotopic (exact) mass is 1020 g/mol. The maximum absolute atomic E-state index is 14.5. The summed E-state index contributed by atoms with van der Waals surface area (Å²) in [5, 5.41) is 148. The van der Waals surface area contributed by atoms with Crippen LogP contribution in [0.25, 0.3) is 28.4 Å². The second kappa shape index (κ2) is 21.9. The Morgan fingerprint density at radius 1 is 0.653 bits per heavy atom. The molecule has 8 rings (SSSR count). The van der Waals surface area contributed by atoms with E-state index in [1.54, 1.807) is 0 Å². The molecule has 5 heterocycles. The van der Waals surface area contributed by atoms with Gasteiger partial charge in [-0.2, -0.15) is 0 Å². The van der Waals surface area contributed by atoms with Crippen molar-refractivity contribution in [3.63, 3.8) is 0 Å². The van der Waals surface area contributed by atoms with Crippen molar-refractivity contribution in [2.75, 3.05) is 13.2 Å². The largest absolute Gasteiger partial charge is 0.508 e. The fourth-order valence-electron chi connectivity index (χ4n) is 8.27. The minimum atomic E-state index is -2.25. The number of carbonyl (C=O) groups is 1. The Morgan fingerprint density at radius 2 is 1.31 bits per heavy atom. The number of carbonyl (C=O) groups excluding carboxylic acids is 1. The predicted molar refractivity (Wildman–Crippen MR) is 234 cm³/mol. The summed E-state index contributed by atoms with van der Waals surface area (Å²) >= 11 is 0. The Bertz CT molecular complexity index is 2590. The zero-order chi connectivity index (χ0) is 51.9. The molecule has 19 atom stereocenters. The van der Waals surface area contributed by atoms with Crippen LogP contribution in [0.2, 0.25) is 0 Å². The van der Waals surface area contributed by atoms with E-state index in [0.717, 1.165) is 18.2 Å². The quantitative estimate of drug-likeness (QED) is 0.0464. The smallest absolute Gasteiger partial charge is 0.331 e. The van der Waals surface area contributed by atoms with Gasteiger partial charge in [0.2, 0.25) is 17.5 Å². The molecule has 0 spiro atoms. The van der Waals surface area contributed by atoms with Crippen LogP contribution in [0, 0.1) is 0 Å². The topological polar surface area (TPSA) is 414 Å². The molecule has 4 fully saturated rings. The molecule has 4 saturated heterocycles. The number of hydrogen-bond donors (Lipinski definition) is 14. The molecule has 19 unspecified atom stereocenters. The van der Waals surface area contributed by atoms with Crippen molar-refractivity contribution in [3.05, 3.63) is 82.5 Å². The van der Waals surface area contributed by atoms with Gasteiger partial charge in [-0.1, -0.05) is 12.1 Å². The number of ether oxygens (including phenoxy) is 9. The van der Waals surface area contributed by atoms with E-state index in [1.807, 2.05) is 0 Å². The lowest BCUT2D eigenvalue weighted by Crippen LogP contribution is -2.66. The van der Waals surface area contributed by atoms with Gasteiger partial charge in [-0.3, -0.25) is 4.79 Å². The first-order chi connectivity index (χ1) is 34.2. The Hall–Kier alpha value is -5.60. The van der Waals surface area contributed by atoms with Crippen LogP contribution in [0.15, 0.2) is 76.0 Å². The van der Waals surface area contributed by atoms with Crippen molar-refractivity contribution in [3.8, 4) is 40.1 Å². The summed E-state index contributed by atoms with van der Waals surface area (Å²) in [5.41, 5.74) is -1.07. The van der Waals surface area contributed by atoms with Crippen molar-refractivity contribution in [2.24, 2.45) is 0 Å². The van der Waals surface area contributed by atoms with E-state index in [9.17, 15) is 81.1 Å². The third kappa shape index (κ3) is 11.0. The molecular formula is C46H52O26. The molecule has 0 aliphatic carbocycles. The maximum atomic E-state index is 14.5. The van der Waals surface area contributed by atoms with Gasteiger partial charge >= 0.3 is 5.97 Å². The molecule has 1 aromatic heterocycles. The van der Waals surface area contributed by atoms with Crippen LogP contribution in [0.3, 0.4) is 0 Å². The highest BCUT2D eigenvalue weighted by Crippen LogP contribution is 2.39. The molecular weight excluding hydrogens is 968 g/mol. The van der Waals surface area contributed by atoms with E-state index in [2.05, 4.69) is 0 Å². The molecule has 14 N–H and O–H groups in total. The average molecular weight is 1020 g/mol. The number of esters is 1. The molecule has 4 aromatic rings. The average Bonchev–Trinajstić information content (AvgIpc) is 3.34. The lowest BCUT2D eigenvalue weighted by atomic mass is 9.97. The Kier molecular flexibility index (Phi) is 16.0. The molecule has 26 heteroatoms. The number of hydrogen-bond acceptors (Lipinski definition) is 26. The highest BCUT2D eigenvalue weighted by atomic mass is 16.8. The molecule has 0 saturated carbocycles. The van der Waals surface area contributed by atoms with E-state index >= 15 is 0 Å². The standard InChI is InChI=1S/C46H52O26/c1-16-28(53)39(69-43-33(58)29(54)23(51)14-63-43)36(61)44(65-16)64-15-25-38(68-26(52)11-4-17-2-7-19(47)8-3-17)35(60)41(71-45-34(59)31(56)32(57)42(62)72-45)46(67-25)70-40-30(55)27-22(50)12-21(49)13-24(27)66-37(40)18-5-9-20(48)10-6-18/h2-13,16,23,25,28-29,31-36,38-39,41-51,53-54,56-62H,14-15H2,1H3. The van der Waals surface area contributed by atoms with Gasteiger partial charge in [0.25, 0.3) is 0 Å². The zero-order valence-corrected chi connectivity index (χ0v) is 37.5. The lowest BCUT2D eigenvalue weighted by molar-refractivity contribution is -0.381. The Labute approximate surface area is 405 Å². The van der Waals surface area contributed by atoms with Gasteiger partial charge < -0.3 is 119 Å². The first kappa shape index (κ1) is 52.7. The van der Waals surface area contributed by atoms with E-state index in [1.165, 1.54) is 61.5 Å². The van der Waals surface area contributed by atoms with Gasteiger partial charge in [-0.25, -0.2) is 4.79 Å². The zero-order valence-electron chi connectivity index (χ0n) is 37.5. The fourth-order valence-corrected chi connectivity index (χ4v) is 8.27. The highest BCUT2D eigenvalue weighted by Gasteiger charge is 2.55. The van der Waals surface area contributed by atoms with Gasteiger partial charge in [-0.15, -0.1) is 0 Å². The van der Waals surface area contributed by atoms with Crippen LogP contribution < -0.4 is 10.2 Å². The van der Waals surface area contributed by atoms with Gasteiger partial charge in [0, 0.05) is 23.8 Å². The maximum Gasteiger partial charge on any atom is 0.331 e. The third-order valence-corrected chi connectivity index (χ3v) is 12.2. The van der Waals surface area contributed by atoms with Crippen LogP contribution in [0.4, 0.5) is 0 Å². The Morgan fingerprint density at radius 3 is 2.00 bits per heavy atom. The minimum absolute atomic E-state index is 0.0326. The van der Waals surface area contributed by atoms with Gasteiger partial charge in [-0.05, 0) is 55.0 Å². The number of aliphatic hydroxyl groups excluding tert-OH is 10. The van der Waals surface area contributed by atoms with Crippen molar-refractivity contribution in [1.82, 2.24) is 0 Å². The van der Waals surface area contributed by atoms with E-state index in [4.69, 9.17) is 47.0 Å². The number of benzene rings is 3. The summed E-state index contributed by atoms with van der Waals surface area (Å²) in [4.78, 5) is 28.1. The molecule has 72 heavy (non-hydrogen) atoms. The molecule has 392 valence electrons. The number of aliphatic hydroxyl groups is 10. The molecule has 0 radical (unpaired) electrons. The molecule has 0 bridgehead atoms. The first-order valence-electron chi connectivity index (χ1n) is 22.2. The van der Waals surface area contributed by atoms with Crippen LogP contribution in [0.1, 0.15) is 12.5 Å². The van der Waals surface area contributed by atoms with Crippen LogP contribution in [-0.2, 0) is 42.7 Å². The first-order valence-corrected chi connectivity index (χ1v) is 22.2. The van der Waals surface area contributed by atoms with Crippen LogP contribution in [0.5, 0.6) is 28.7 Å². The summed E-state index contributed by atoms with van der Waals surface area (Å²) in [5.74, 6) is -4.01. The minimum Gasteiger partial charge on any atom is -0.508 e. The number of phenolic OH excluding ortho intramolecular Hbond substituents is 4. The van der Waals surface area contributed by atoms with Crippen LogP contribution >= 0.6 is 0 Å².